The summed E-state index contributed by atoms with van der Waals surface area (Å²) >= 11 is 0. The van der Waals surface area contributed by atoms with Crippen LogP contribution in [0, 0.1) is 11.8 Å². The normalized spacial score (nSPS) is 14.2. The summed E-state index contributed by atoms with van der Waals surface area (Å²) in [5.74, 6) is 2.02. The van der Waals surface area contributed by atoms with E-state index in [1.54, 1.807) is 0 Å². The van der Waals surface area contributed by atoms with Gasteiger partial charge in [-0.2, -0.15) is 0 Å². The first-order valence-corrected chi connectivity index (χ1v) is 7.27. The van der Waals surface area contributed by atoms with Crippen LogP contribution in [0.3, 0.4) is 0 Å². The lowest BCUT2D eigenvalue weighted by Gasteiger charge is -2.20. The minimum atomic E-state index is 0.253. The fourth-order valence-corrected chi connectivity index (χ4v) is 1.84. The van der Waals surface area contributed by atoms with Crippen molar-refractivity contribution in [2.45, 2.75) is 40.2 Å². The molecule has 0 fully saturated rings. The van der Waals surface area contributed by atoms with Crippen molar-refractivity contribution in [1.29, 1.82) is 0 Å². The first-order valence-electron chi connectivity index (χ1n) is 7.27. The lowest BCUT2D eigenvalue weighted by Crippen LogP contribution is -2.27. The second kappa shape index (κ2) is 8.05. The van der Waals surface area contributed by atoms with E-state index in [4.69, 9.17) is 10.5 Å². The van der Waals surface area contributed by atoms with Crippen LogP contribution in [0.2, 0.25) is 0 Å². The molecule has 0 amide bonds. The van der Waals surface area contributed by atoms with Gasteiger partial charge in [0, 0.05) is 18.3 Å². The minimum absolute atomic E-state index is 0.253. The maximum Gasteiger partial charge on any atom is 0.121 e. The molecule has 19 heavy (non-hydrogen) atoms. The van der Waals surface area contributed by atoms with Gasteiger partial charge < -0.3 is 15.8 Å². The van der Waals surface area contributed by atoms with Crippen molar-refractivity contribution in [2.75, 3.05) is 18.4 Å². The molecule has 0 aliphatic carbocycles. The first-order chi connectivity index (χ1) is 9.06. The molecule has 0 bridgehead atoms. The van der Waals surface area contributed by atoms with E-state index in [1.807, 2.05) is 12.1 Å². The highest BCUT2D eigenvalue weighted by atomic mass is 16.5. The second-order valence-corrected chi connectivity index (χ2v) is 5.49. The van der Waals surface area contributed by atoms with Gasteiger partial charge in [0.2, 0.25) is 0 Å². The number of hydrogen-bond acceptors (Lipinski definition) is 3. The van der Waals surface area contributed by atoms with Crippen LogP contribution in [0.4, 0.5) is 5.69 Å². The number of hydrogen-bond donors (Lipinski definition) is 2. The molecule has 0 aliphatic rings. The lowest BCUT2D eigenvalue weighted by atomic mass is 9.96. The number of nitrogens with one attached hydrogen (secondary N) is 1. The highest BCUT2D eigenvalue weighted by molar-refractivity contribution is 5.48. The van der Waals surface area contributed by atoms with Crippen molar-refractivity contribution >= 4 is 5.69 Å². The van der Waals surface area contributed by atoms with E-state index in [0.29, 0.717) is 18.4 Å². The van der Waals surface area contributed by atoms with Gasteiger partial charge in [0.15, 0.2) is 0 Å². The third-order valence-electron chi connectivity index (χ3n) is 3.56. The van der Waals surface area contributed by atoms with E-state index in [2.05, 4.69) is 45.1 Å². The molecule has 1 rings (SSSR count). The Hall–Kier alpha value is -1.22. The highest BCUT2D eigenvalue weighted by Crippen LogP contribution is 2.20. The van der Waals surface area contributed by atoms with E-state index in [9.17, 15) is 0 Å². The van der Waals surface area contributed by atoms with Gasteiger partial charge in [-0.25, -0.2) is 0 Å². The molecule has 3 heteroatoms. The second-order valence-electron chi connectivity index (χ2n) is 5.49. The van der Waals surface area contributed by atoms with Crippen LogP contribution in [-0.4, -0.2) is 19.2 Å². The Bertz CT molecular complexity index is 366. The molecule has 108 valence electrons. The van der Waals surface area contributed by atoms with Crippen molar-refractivity contribution in [2.24, 2.45) is 17.6 Å². The standard InChI is InChI=1S/C16H28N2O/c1-5-13(4)19-16-8-6-7-15(9-16)18-11-14(10-17)12(2)3/h6-9,12-14,18H,5,10-11,17H2,1-4H3. The smallest absolute Gasteiger partial charge is 0.121 e. The quantitative estimate of drug-likeness (QED) is 0.755. The average Bonchev–Trinajstić information content (AvgIpc) is 2.39. The Morgan fingerprint density at radius 3 is 2.58 bits per heavy atom. The van der Waals surface area contributed by atoms with Gasteiger partial charge >= 0.3 is 0 Å². The minimum Gasteiger partial charge on any atom is -0.491 e. The topological polar surface area (TPSA) is 47.3 Å². The highest BCUT2D eigenvalue weighted by Gasteiger charge is 2.11. The van der Waals surface area contributed by atoms with Gasteiger partial charge in [-0.05, 0) is 43.9 Å². The first kappa shape index (κ1) is 15.8. The fourth-order valence-electron chi connectivity index (χ4n) is 1.84. The molecule has 0 radical (unpaired) electrons. The number of anilines is 1. The Morgan fingerprint density at radius 1 is 1.26 bits per heavy atom. The average molecular weight is 264 g/mol. The summed E-state index contributed by atoms with van der Waals surface area (Å²) in [7, 11) is 0. The lowest BCUT2D eigenvalue weighted by molar-refractivity contribution is 0.217. The molecule has 0 aromatic heterocycles. The number of benzene rings is 1. The van der Waals surface area contributed by atoms with E-state index in [0.717, 1.165) is 24.4 Å². The molecule has 0 spiro atoms. The summed E-state index contributed by atoms with van der Waals surface area (Å²) < 4.78 is 5.82. The molecule has 0 saturated carbocycles. The van der Waals surface area contributed by atoms with Gasteiger partial charge in [0.1, 0.15) is 5.75 Å². The SMILES string of the molecule is CCC(C)Oc1cccc(NCC(CN)C(C)C)c1. The third kappa shape index (κ3) is 5.52. The zero-order valence-electron chi connectivity index (χ0n) is 12.6. The monoisotopic (exact) mass is 264 g/mol. The van der Waals surface area contributed by atoms with Crippen LogP contribution in [0.25, 0.3) is 0 Å². The number of rotatable bonds is 8. The predicted molar refractivity (Wildman–Crippen MR) is 82.7 cm³/mol. The zero-order valence-corrected chi connectivity index (χ0v) is 12.6. The molecule has 2 atom stereocenters. The van der Waals surface area contributed by atoms with Crippen LogP contribution in [0.5, 0.6) is 5.75 Å². The van der Waals surface area contributed by atoms with Gasteiger partial charge in [-0.3, -0.25) is 0 Å². The van der Waals surface area contributed by atoms with Crippen molar-refractivity contribution in [3.05, 3.63) is 24.3 Å². The molecule has 0 heterocycles. The Morgan fingerprint density at radius 2 is 2.00 bits per heavy atom. The van der Waals surface area contributed by atoms with Crippen molar-refractivity contribution < 1.29 is 4.74 Å². The van der Waals surface area contributed by atoms with Crippen LogP contribution in [0.1, 0.15) is 34.1 Å². The molecule has 3 nitrogen and oxygen atoms in total. The Kier molecular flexibility index (Phi) is 6.71. The zero-order chi connectivity index (χ0) is 14.3. The van der Waals surface area contributed by atoms with Crippen LogP contribution in [-0.2, 0) is 0 Å². The largest absolute Gasteiger partial charge is 0.491 e. The summed E-state index contributed by atoms with van der Waals surface area (Å²) in [6.07, 6.45) is 1.27. The van der Waals surface area contributed by atoms with Gasteiger partial charge in [0.05, 0.1) is 6.10 Å². The summed E-state index contributed by atoms with van der Waals surface area (Å²) in [5, 5.41) is 3.45. The number of nitrogens with two attached hydrogens (primary N) is 1. The Balaban J connectivity index is 2.57. The molecule has 3 N–H and O–H groups in total. The van der Waals surface area contributed by atoms with Gasteiger partial charge in [-0.15, -0.1) is 0 Å². The summed E-state index contributed by atoms with van der Waals surface area (Å²) in [6, 6.07) is 8.14. The maximum atomic E-state index is 5.82. The van der Waals surface area contributed by atoms with Crippen LogP contribution < -0.4 is 15.8 Å². The molecule has 0 saturated heterocycles. The molecule has 1 aromatic rings. The molecule has 2 unspecified atom stereocenters. The third-order valence-corrected chi connectivity index (χ3v) is 3.56. The molecular weight excluding hydrogens is 236 g/mol. The number of ether oxygens (including phenoxy) is 1. The summed E-state index contributed by atoms with van der Waals surface area (Å²) in [4.78, 5) is 0. The molecule has 1 aromatic carbocycles. The van der Waals surface area contributed by atoms with Crippen LogP contribution >= 0.6 is 0 Å². The maximum absolute atomic E-state index is 5.82. The summed E-state index contributed by atoms with van der Waals surface area (Å²) in [5.41, 5.74) is 6.88. The van der Waals surface area contributed by atoms with Crippen molar-refractivity contribution in [3.63, 3.8) is 0 Å². The van der Waals surface area contributed by atoms with E-state index in [1.165, 1.54) is 0 Å². The fraction of sp³-hybridized carbons (Fsp3) is 0.625. The van der Waals surface area contributed by atoms with Crippen molar-refractivity contribution in [1.82, 2.24) is 0 Å². The van der Waals surface area contributed by atoms with Gasteiger partial charge in [0.25, 0.3) is 0 Å². The van der Waals surface area contributed by atoms with E-state index >= 15 is 0 Å². The summed E-state index contributed by atoms with van der Waals surface area (Å²) in [6.45, 7) is 10.3. The van der Waals surface area contributed by atoms with E-state index in [-0.39, 0.29) is 6.10 Å². The predicted octanol–water partition coefficient (Wildman–Crippen LogP) is 3.51. The molecule has 0 aliphatic heterocycles. The van der Waals surface area contributed by atoms with E-state index < -0.39 is 0 Å². The Labute approximate surface area is 117 Å². The van der Waals surface area contributed by atoms with Gasteiger partial charge in [-0.1, -0.05) is 26.8 Å². The van der Waals surface area contributed by atoms with Crippen molar-refractivity contribution in [3.8, 4) is 5.75 Å². The molecular formula is C16H28N2O. The van der Waals surface area contributed by atoms with Crippen LogP contribution in [0.15, 0.2) is 24.3 Å².